The molecule has 1 aliphatic rings. The van der Waals surface area contributed by atoms with E-state index in [4.69, 9.17) is 27.9 Å². The molecular weight excluding hydrogens is 367 g/mol. The van der Waals surface area contributed by atoms with E-state index in [1.807, 2.05) is 0 Å². The van der Waals surface area contributed by atoms with E-state index in [1.165, 1.54) is 16.9 Å². The lowest BCUT2D eigenvalue weighted by Crippen LogP contribution is -2.14. The van der Waals surface area contributed by atoms with Crippen LogP contribution in [0.15, 0.2) is 23.0 Å². The average Bonchev–Trinajstić information content (AvgIpc) is 2.92. The number of aryl methyl sites for hydroxylation is 2. The maximum Gasteiger partial charge on any atom is 0.260 e. The molecule has 0 radical (unpaired) electrons. The number of aromatic amines is 1. The van der Waals surface area contributed by atoms with Crippen molar-refractivity contribution in [3.05, 3.63) is 54.9 Å². The number of hydrogen-bond donors (Lipinski definition) is 1. The fourth-order valence-electron chi connectivity index (χ4n) is 3.02. The number of rotatable bonds is 3. The highest BCUT2D eigenvalue weighted by atomic mass is 35.5. The number of benzene rings is 1. The van der Waals surface area contributed by atoms with E-state index in [1.54, 1.807) is 29.5 Å². The predicted molar refractivity (Wildman–Crippen MR) is 97.7 cm³/mol. The first-order chi connectivity index (χ1) is 11.6. The Bertz CT molecular complexity index is 981. The number of aromatic nitrogens is 2. The van der Waals surface area contributed by atoms with Crippen molar-refractivity contribution in [3.63, 3.8) is 0 Å². The number of H-pyrrole nitrogens is 1. The number of thiophene rings is 1. The molecule has 4 nitrogen and oxygen atoms in total. The Kier molecular flexibility index (Phi) is 4.24. The molecule has 0 amide bonds. The first kappa shape index (κ1) is 15.9. The minimum absolute atomic E-state index is 0.0831. The van der Waals surface area contributed by atoms with Crippen LogP contribution >= 0.6 is 34.5 Å². The lowest BCUT2D eigenvalue weighted by molar-refractivity contribution is 0.296. The number of nitrogens with zero attached hydrogens (tertiary/aromatic N) is 1. The molecule has 0 spiro atoms. The molecule has 24 heavy (non-hydrogen) atoms. The van der Waals surface area contributed by atoms with Gasteiger partial charge in [-0.05, 0) is 49.4 Å². The van der Waals surface area contributed by atoms with E-state index in [2.05, 4.69) is 9.97 Å². The van der Waals surface area contributed by atoms with Gasteiger partial charge in [-0.3, -0.25) is 4.79 Å². The van der Waals surface area contributed by atoms with E-state index >= 15 is 0 Å². The molecule has 2 heterocycles. The summed E-state index contributed by atoms with van der Waals surface area (Å²) in [6, 6.07) is 5.02. The summed E-state index contributed by atoms with van der Waals surface area (Å²) in [6.07, 6.45) is 4.33. The molecule has 0 fully saturated rings. The third-order valence-electron chi connectivity index (χ3n) is 4.13. The lowest BCUT2D eigenvalue weighted by Gasteiger charge is -2.10. The van der Waals surface area contributed by atoms with Crippen molar-refractivity contribution >= 4 is 44.8 Å². The van der Waals surface area contributed by atoms with E-state index in [0.717, 1.165) is 29.5 Å². The Hall–Kier alpha value is -1.56. The van der Waals surface area contributed by atoms with Gasteiger partial charge < -0.3 is 9.72 Å². The Labute approximate surface area is 152 Å². The molecule has 124 valence electrons. The Balaban J connectivity index is 1.64. The fourth-order valence-corrected chi connectivity index (χ4v) is 4.76. The summed E-state index contributed by atoms with van der Waals surface area (Å²) in [5.74, 6) is 1.01. The summed E-state index contributed by atoms with van der Waals surface area (Å²) in [6.45, 7) is 0.148. The van der Waals surface area contributed by atoms with Crippen LogP contribution in [0.25, 0.3) is 10.2 Å². The molecule has 1 N–H and O–H groups in total. The molecule has 7 heteroatoms. The summed E-state index contributed by atoms with van der Waals surface area (Å²) < 4.78 is 5.67. The Morgan fingerprint density at radius 2 is 2.08 bits per heavy atom. The van der Waals surface area contributed by atoms with Crippen LogP contribution in [-0.4, -0.2) is 9.97 Å². The second kappa shape index (κ2) is 6.39. The van der Waals surface area contributed by atoms with Crippen LogP contribution in [0.2, 0.25) is 10.0 Å². The maximum absolute atomic E-state index is 12.5. The van der Waals surface area contributed by atoms with Gasteiger partial charge in [-0.15, -0.1) is 11.3 Å². The molecule has 3 aromatic rings. The van der Waals surface area contributed by atoms with E-state index in [0.29, 0.717) is 21.6 Å². The highest BCUT2D eigenvalue weighted by molar-refractivity contribution is 7.18. The lowest BCUT2D eigenvalue weighted by atomic mass is 9.97. The van der Waals surface area contributed by atoms with Crippen LogP contribution in [-0.2, 0) is 19.4 Å². The number of nitrogens with one attached hydrogen (secondary N) is 1. The van der Waals surface area contributed by atoms with Gasteiger partial charge in [-0.2, -0.15) is 0 Å². The fraction of sp³-hybridized carbons (Fsp3) is 0.294. The van der Waals surface area contributed by atoms with Crippen molar-refractivity contribution in [2.24, 2.45) is 0 Å². The molecule has 2 aromatic heterocycles. The van der Waals surface area contributed by atoms with Gasteiger partial charge in [0.25, 0.3) is 5.56 Å². The maximum atomic E-state index is 12.5. The molecule has 4 rings (SSSR count). The van der Waals surface area contributed by atoms with Gasteiger partial charge in [0.05, 0.1) is 10.4 Å². The standard InChI is InChI=1S/C17H14Cl2N2O2S/c18-9-5-6-12(11(19)7-9)23-8-14-20-16(22)15-10-3-1-2-4-13(10)24-17(15)21-14/h5-7H,1-4,8H2,(H,20,21,22). The van der Waals surface area contributed by atoms with Crippen molar-refractivity contribution in [2.75, 3.05) is 0 Å². The van der Waals surface area contributed by atoms with Crippen LogP contribution in [0.5, 0.6) is 5.75 Å². The number of fused-ring (bicyclic) bond motifs is 3. The molecule has 0 saturated heterocycles. The molecule has 0 saturated carbocycles. The molecule has 0 unspecified atom stereocenters. The highest BCUT2D eigenvalue weighted by Crippen LogP contribution is 2.33. The predicted octanol–water partition coefficient (Wildman–Crippen LogP) is 4.75. The van der Waals surface area contributed by atoms with Crippen LogP contribution in [0, 0.1) is 0 Å². The van der Waals surface area contributed by atoms with Crippen LogP contribution in [0.1, 0.15) is 29.1 Å². The quantitative estimate of drug-likeness (QED) is 0.713. The number of hydrogen-bond acceptors (Lipinski definition) is 4. The van der Waals surface area contributed by atoms with Crippen molar-refractivity contribution in [1.82, 2.24) is 9.97 Å². The zero-order valence-corrected chi connectivity index (χ0v) is 15.0. The first-order valence-electron chi connectivity index (χ1n) is 7.73. The molecule has 1 aromatic carbocycles. The van der Waals surface area contributed by atoms with E-state index in [9.17, 15) is 4.79 Å². The Morgan fingerprint density at radius 1 is 1.25 bits per heavy atom. The SMILES string of the molecule is O=c1[nH]c(COc2ccc(Cl)cc2Cl)nc2sc3c(c12)CCCC3. The molecule has 0 bridgehead atoms. The summed E-state index contributed by atoms with van der Waals surface area (Å²) in [5, 5.41) is 1.73. The van der Waals surface area contributed by atoms with Gasteiger partial charge in [0.2, 0.25) is 0 Å². The van der Waals surface area contributed by atoms with Gasteiger partial charge in [0, 0.05) is 9.90 Å². The normalized spacial score (nSPS) is 13.9. The van der Waals surface area contributed by atoms with Crippen LogP contribution in [0.4, 0.5) is 0 Å². The van der Waals surface area contributed by atoms with Crippen molar-refractivity contribution in [2.45, 2.75) is 32.3 Å². The summed E-state index contributed by atoms with van der Waals surface area (Å²) in [5.41, 5.74) is 1.10. The second-order valence-corrected chi connectivity index (χ2v) is 7.69. The summed E-state index contributed by atoms with van der Waals surface area (Å²) >= 11 is 13.6. The van der Waals surface area contributed by atoms with Crippen molar-refractivity contribution in [3.8, 4) is 5.75 Å². The van der Waals surface area contributed by atoms with Gasteiger partial charge in [0.1, 0.15) is 23.0 Å². The van der Waals surface area contributed by atoms with Crippen molar-refractivity contribution in [1.29, 1.82) is 0 Å². The second-order valence-electron chi connectivity index (χ2n) is 5.77. The number of halogens is 2. The van der Waals surface area contributed by atoms with Crippen LogP contribution < -0.4 is 10.3 Å². The third-order valence-corrected chi connectivity index (χ3v) is 5.85. The van der Waals surface area contributed by atoms with Gasteiger partial charge in [-0.25, -0.2) is 4.98 Å². The molecular formula is C17H14Cl2N2O2S. The van der Waals surface area contributed by atoms with Crippen LogP contribution in [0.3, 0.4) is 0 Å². The molecule has 0 aliphatic heterocycles. The van der Waals surface area contributed by atoms with Crippen molar-refractivity contribution < 1.29 is 4.74 Å². The first-order valence-corrected chi connectivity index (χ1v) is 9.30. The molecule has 1 aliphatic carbocycles. The topological polar surface area (TPSA) is 55.0 Å². The molecule has 0 atom stereocenters. The van der Waals surface area contributed by atoms with Gasteiger partial charge in [0.15, 0.2) is 0 Å². The monoisotopic (exact) mass is 380 g/mol. The highest BCUT2D eigenvalue weighted by Gasteiger charge is 2.19. The summed E-state index contributed by atoms with van der Waals surface area (Å²) in [7, 11) is 0. The van der Waals surface area contributed by atoms with E-state index < -0.39 is 0 Å². The minimum atomic E-state index is -0.0831. The summed E-state index contributed by atoms with van der Waals surface area (Å²) in [4.78, 5) is 22.0. The zero-order chi connectivity index (χ0) is 16.7. The van der Waals surface area contributed by atoms with Gasteiger partial charge in [-0.1, -0.05) is 23.2 Å². The zero-order valence-electron chi connectivity index (χ0n) is 12.7. The smallest absolute Gasteiger partial charge is 0.260 e. The average molecular weight is 381 g/mol. The minimum Gasteiger partial charge on any atom is -0.484 e. The Morgan fingerprint density at radius 3 is 2.92 bits per heavy atom. The largest absolute Gasteiger partial charge is 0.484 e. The van der Waals surface area contributed by atoms with Gasteiger partial charge >= 0.3 is 0 Å². The van der Waals surface area contributed by atoms with E-state index in [-0.39, 0.29) is 12.2 Å². The third kappa shape index (κ3) is 2.92. The number of ether oxygens (including phenoxy) is 1.